The molecular formula is C21H30N2O2. The van der Waals surface area contributed by atoms with Gasteiger partial charge in [-0.05, 0) is 49.7 Å². The zero-order chi connectivity index (χ0) is 17.5. The molecule has 136 valence electrons. The summed E-state index contributed by atoms with van der Waals surface area (Å²) in [6.07, 6.45) is 10.8. The Bertz CT molecular complexity index is 647. The SMILES string of the molecule is Cc1noc(COc2ccccc2CCC(C)CC2CCCCC2)n1. The number of aromatic nitrogens is 2. The quantitative estimate of drug-likeness (QED) is 0.636. The lowest BCUT2D eigenvalue weighted by molar-refractivity contribution is 0.240. The third-order valence-corrected chi connectivity index (χ3v) is 5.26. The maximum absolute atomic E-state index is 5.92. The van der Waals surface area contributed by atoms with Gasteiger partial charge >= 0.3 is 0 Å². The number of benzene rings is 1. The molecule has 1 aliphatic rings. The molecule has 0 spiro atoms. The highest BCUT2D eigenvalue weighted by atomic mass is 16.5. The van der Waals surface area contributed by atoms with Gasteiger partial charge in [-0.25, -0.2) is 0 Å². The van der Waals surface area contributed by atoms with Gasteiger partial charge in [0.1, 0.15) is 5.75 Å². The topological polar surface area (TPSA) is 48.2 Å². The molecule has 1 aromatic heterocycles. The van der Waals surface area contributed by atoms with E-state index in [1.807, 2.05) is 19.1 Å². The Morgan fingerprint density at radius 1 is 1.20 bits per heavy atom. The second-order valence-corrected chi connectivity index (χ2v) is 7.52. The Morgan fingerprint density at radius 3 is 2.76 bits per heavy atom. The number of rotatable bonds is 8. The van der Waals surface area contributed by atoms with Crippen LogP contribution in [-0.2, 0) is 13.0 Å². The van der Waals surface area contributed by atoms with Gasteiger partial charge in [0.05, 0.1) is 0 Å². The van der Waals surface area contributed by atoms with Crippen LogP contribution < -0.4 is 4.74 Å². The zero-order valence-electron chi connectivity index (χ0n) is 15.5. The van der Waals surface area contributed by atoms with Gasteiger partial charge in [0, 0.05) is 0 Å². The van der Waals surface area contributed by atoms with Crippen LogP contribution in [0.5, 0.6) is 5.75 Å². The highest BCUT2D eigenvalue weighted by Crippen LogP contribution is 2.31. The molecule has 4 nitrogen and oxygen atoms in total. The number of hydrogen-bond donors (Lipinski definition) is 0. The molecule has 4 heteroatoms. The summed E-state index contributed by atoms with van der Waals surface area (Å²) in [6.45, 7) is 4.55. The van der Waals surface area contributed by atoms with Crippen LogP contribution in [0, 0.1) is 18.8 Å². The molecule has 25 heavy (non-hydrogen) atoms. The first-order valence-electron chi connectivity index (χ1n) is 9.70. The predicted molar refractivity (Wildman–Crippen MR) is 98.5 cm³/mol. The Labute approximate surface area is 151 Å². The van der Waals surface area contributed by atoms with E-state index in [9.17, 15) is 0 Å². The molecule has 2 aromatic rings. The van der Waals surface area contributed by atoms with Crippen molar-refractivity contribution in [1.29, 1.82) is 0 Å². The monoisotopic (exact) mass is 342 g/mol. The van der Waals surface area contributed by atoms with Crippen LogP contribution in [0.4, 0.5) is 0 Å². The minimum absolute atomic E-state index is 0.329. The van der Waals surface area contributed by atoms with E-state index >= 15 is 0 Å². The van der Waals surface area contributed by atoms with Crippen LogP contribution in [0.25, 0.3) is 0 Å². The number of aryl methyl sites for hydroxylation is 2. The third kappa shape index (κ3) is 5.58. The summed E-state index contributed by atoms with van der Waals surface area (Å²) in [5, 5.41) is 3.80. The maximum Gasteiger partial charge on any atom is 0.264 e. The van der Waals surface area contributed by atoms with Crippen LogP contribution in [0.1, 0.15) is 69.1 Å². The minimum atomic E-state index is 0.329. The number of nitrogens with zero attached hydrogens (tertiary/aromatic N) is 2. The second-order valence-electron chi connectivity index (χ2n) is 7.52. The summed E-state index contributed by atoms with van der Waals surface area (Å²) in [5.74, 6) is 3.83. The van der Waals surface area contributed by atoms with E-state index < -0.39 is 0 Å². The van der Waals surface area contributed by atoms with Crippen molar-refractivity contribution in [2.75, 3.05) is 0 Å². The first-order chi connectivity index (χ1) is 12.2. The van der Waals surface area contributed by atoms with E-state index in [0.29, 0.717) is 18.3 Å². The summed E-state index contributed by atoms with van der Waals surface area (Å²) in [4.78, 5) is 4.19. The first kappa shape index (κ1) is 18.0. The average Bonchev–Trinajstić information content (AvgIpc) is 3.05. The Balaban J connectivity index is 1.49. The highest BCUT2D eigenvalue weighted by Gasteiger charge is 2.17. The molecule has 0 bridgehead atoms. The largest absolute Gasteiger partial charge is 0.483 e. The van der Waals surface area contributed by atoms with Crippen molar-refractivity contribution < 1.29 is 9.26 Å². The summed E-state index contributed by atoms with van der Waals surface area (Å²) in [5.41, 5.74) is 1.27. The van der Waals surface area contributed by atoms with Crippen molar-refractivity contribution in [3.63, 3.8) is 0 Å². The molecule has 0 N–H and O–H groups in total. The second kappa shape index (κ2) is 9.02. The predicted octanol–water partition coefficient (Wildman–Crippen LogP) is 5.50. The molecule has 1 aromatic carbocycles. The standard InChI is InChI=1S/C21H30N2O2/c1-16(14-18-8-4-3-5-9-18)12-13-19-10-6-7-11-20(19)24-15-21-22-17(2)23-25-21/h6-7,10-11,16,18H,3-5,8-9,12-15H2,1-2H3. The van der Waals surface area contributed by atoms with Crippen molar-refractivity contribution in [1.82, 2.24) is 10.1 Å². The van der Waals surface area contributed by atoms with Gasteiger partial charge in [0.15, 0.2) is 12.4 Å². The van der Waals surface area contributed by atoms with Crippen molar-refractivity contribution in [3.8, 4) is 5.75 Å². The van der Waals surface area contributed by atoms with Crippen molar-refractivity contribution in [3.05, 3.63) is 41.5 Å². The molecule has 0 amide bonds. The number of para-hydroxylation sites is 1. The van der Waals surface area contributed by atoms with Crippen molar-refractivity contribution in [2.45, 2.75) is 71.8 Å². The summed E-state index contributed by atoms with van der Waals surface area (Å²) in [7, 11) is 0. The first-order valence-corrected chi connectivity index (χ1v) is 9.70. The van der Waals surface area contributed by atoms with E-state index in [0.717, 1.165) is 24.0 Å². The maximum atomic E-state index is 5.92. The minimum Gasteiger partial charge on any atom is -0.483 e. The normalized spacial score (nSPS) is 16.7. The fraction of sp³-hybridized carbons (Fsp3) is 0.619. The molecule has 1 saturated carbocycles. The molecule has 0 aliphatic heterocycles. The Kier molecular flexibility index (Phi) is 6.48. The van der Waals surface area contributed by atoms with Crippen LogP contribution in [-0.4, -0.2) is 10.1 Å². The van der Waals surface area contributed by atoms with Crippen LogP contribution in [0.3, 0.4) is 0 Å². The van der Waals surface area contributed by atoms with Crippen molar-refractivity contribution in [2.24, 2.45) is 11.8 Å². The molecule has 0 radical (unpaired) electrons. The summed E-state index contributed by atoms with van der Waals surface area (Å²) in [6, 6.07) is 8.31. The lowest BCUT2D eigenvalue weighted by atomic mass is 9.82. The van der Waals surface area contributed by atoms with Gasteiger partial charge in [-0.3, -0.25) is 0 Å². The van der Waals surface area contributed by atoms with Crippen LogP contribution in [0.15, 0.2) is 28.8 Å². The van der Waals surface area contributed by atoms with Crippen LogP contribution in [0.2, 0.25) is 0 Å². The van der Waals surface area contributed by atoms with Crippen molar-refractivity contribution >= 4 is 0 Å². The van der Waals surface area contributed by atoms with Crippen LogP contribution >= 0.6 is 0 Å². The molecule has 3 rings (SSSR count). The van der Waals surface area contributed by atoms with E-state index in [2.05, 4.69) is 29.2 Å². The fourth-order valence-electron chi connectivity index (χ4n) is 3.90. The van der Waals surface area contributed by atoms with E-state index in [4.69, 9.17) is 9.26 Å². The summed E-state index contributed by atoms with van der Waals surface area (Å²) < 4.78 is 11.0. The van der Waals surface area contributed by atoms with Gasteiger partial charge in [0.2, 0.25) is 0 Å². The van der Waals surface area contributed by atoms with Gasteiger partial charge < -0.3 is 9.26 Å². The smallest absolute Gasteiger partial charge is 0.264 e. The molecule has 1 heterocycles. The van der Waals surface area contributed by atoms with Gasteiger partial charge in [0.25, 0.3) is 5.89 Å². The Hall–Kier alpha value is -1.84. The molecule has 1 fully saturated rings. The lowest BCUT2D eigenvalue weighted by Gasteiger charge is -2.24. The molecule has 1 atom stereocenters. The summed E-state index contributed by atoms with van der Waals surface area (Å²) >= 11 is 0. The highest BCUT2D eigenvalue weighted by molar-refractivity contribution is 5.33. The average molecular weight is 342 g/mol. The van der Waals surface area contributed by atoms with Gasteiger partial charge in [-0.15, -0.1) is 0 Å². The lowest BCUT2D eigenvalue weighted by Crippen LogP contribution is -2.11. The number of hydrogen-bond acceptors (Lipinski definition) is 4. The molecule has 1 unspecified atom stereocenters. The van der Waals surface area contributed by atoms with E-state index in [-0.39, 0.29) is 0 Å². The Morgan fingerprint density at radius 2 is 2.00 bits per heavy atom. The fourth-order valence-corrected chi connectivity index (χ4v) is 3.90. The van der Waals surface area contributed by atoms with Gasteiger partial charge in [-0.2, -0.15) is 4.98 Å². The molecule has 0 saturated heterocycles. The van der Waals surface area contributed by atoms with E-state index in [1.165, 1.54) is 50.5 Å². The molecular weight excluding hydrogens is 312 g/mol. The van der Waals surface area contributed by atoms with E-state index in [1.54, 1.807) is 0 Å². The molecule has 1 aliphatic carbocycles. The number of ether oxygens (including phenoxy) is 1. The third-order valence-electron chi connectivity index (χ3n) is 5.26. The zero-order valence-corrected chi connectivity index (χ0v) is 15.5. The van der Waals surface area contributed by atoms with Gasteiger partial charge in [-0.1, -0.05) is 62.4 Å².